The summed E-state index contributed by atoms with van der Waals surface area (Å²) in [7, 11) is 1.65. The summed E-state index contributed by atoms with van der Waals surface area (Å²) in [6.07, 6.45) is 0. The third kappa shape index (κ3) is 2.87. The molecule has 0 atom stereocenters. The Bertz CT molecular complexity index is 811. The van der Waals surface area contributed by atoms with Crippen molar-refractivity contribution in [2.24, 2.45) is 0 Å². The standard InChI is InChI=1S/C16H14N2O2S/c1-10(19)17-12-5-3-4-11(8-12)16-18-14-7-6-13(20-2)9-15(14)21-16/h3-9H,1-2H3,(H,17,19). The van der Waals surface area contributed by atoms with E-state index in [1.807, 2.05) is 42.5 Å². The summed E-state index contributed by atoms with van der Waals surface area (Å²) >= 11 is 1.60. The van der Waals surface area contributed by atoms with Gasteiger partial charge in [0.1, 0.15) is 10.8 Å². The van der Waals surface area contributed by atoms with Crippen LogP contribution in [0.5, 0.6) is 5.75 Å². The molecule has 3 rings (SSSR count). The van der Waals surface area contributed by atoms with Gasteiger partial charge in [-0.15, -0.1) is 11.3 Å². The van der Waals surface area contributed by atoms with E-state index in [0.717, 1.165) is 32.2 Å². The van der Waals surface area contributed by atoms with Crippen LogP contribution in [0.15, 0.2) is 42.5 Å². The molecule has 0 aliphatic rings. The van der Waals surface area contributed by atoms with Crippen molar-refractivity contribution in [3.05, 3.63) is 42.5 Å². The van der Waals surface area contributed by atoms with Gasteiger partial charge < -0.3 is 10.1 Å². The van der Waals surface area contributed by atoms with Crippen LogP contribution in [0.4, 0.5) is 5.69 Å². The second kappa shape index (κ2) is 5.54. The Morgan fingerprint density at radius 3 is 2.86 bits per heavy atom. The SMILES string of the molecule is COc1ccc2nc(-c3cccc(NC(C)=O)c3)sc2c1. The lowest BCUT2D eigenvalue weighted by molar-refractivity contribution is -0.114. The number of anilines is 1. The molecule has 1 aromatic heterocycles. The van der Waals surface area contributed by atoms with E-state index in [9.17, 15) is 4.79 Å². The van der Waals surface area contributed by atoms with E-state index in [1.54, 1.807) is 18.4 Å². The Morgan fingerprint density at radius 2 is 2.10 bits per heavy atom. The Kier molecular flexibility index (Phi) is 3.58. The van der Waals surface area contributed by atoms with Gasteiger partial charge in [0.25, 0.3) is 0 Å². The molecular formula is C16H14N2O2S. The molecule has 4 nitrogen and oxygen atoms in total. The Labute approximate surface area is 126 Å². The number of thiazole rings is 1. The predicted octanol–water partition coefficient (Wildman–Crippen LogP) is 3.93. The van der Waals surface area contributed by atoms with Crippen LogP contribution < -0.4 is 10.1 Å². The molecule has 1 amide bonds. The third-order valence-corrected chi connectivity index (χ3v) is 4.09. The summed E-state index contributed by atoms with van der Waals surface area (Å²) in [4.78, 5) is 15.8. The quantitative estimate of drug-likeness (QED) is 0.797. The van der Waals surface area contributed by atoms with E-state index < -0.39 is 0 Å². The number of carbonyl (C=O) groups excluding carboxylic acids is 1. The minimum absolute atomic E-state index is 0.0822. The minimum atomic E-state index is -0.0822. The van der Waals surface area contributed by atoms with E-state index >= 15 is 0 Å². The summed E-state index contributed by atoms with van der Waals surface area (Å²) in [5, 5.41) is 3.71. The van der Waals surface area contributed by atoms with Crippen molar-refractivity contribution in [2.75, 3.05) is 12.4 Å². The van der Waals surface area contributed by atoms with Gasteiger partial charge in [-0.3, -0.25) is 4.79 Å². The van der Waals surface area contributed by atoms with Crippen LogP contribution in [0.1, 0.15) is 6.92 Å². The molecule has 0 fully saturated rings. The van der Waals surface area contributed by atoms with Crippen LogP contribution in [-0.2, 0) is 4.79 Å². The molecule has 21 heavy (non-hydrogen) atoms. The first kappa shape index (κ1) is 13.6. The summed E-state index contributed by atoms with van der Waals surface area (Å²) in [6, 6.07) is 13.5. The number of ether oxygens (including phenoxy) is 1. The second-order valence-electron chi connectivity index (χ2n) is 4.61. The van der Waals surface area contributed by atoms with Crippen LogP contribution in [0, 0.1) is 0 Å². The number of benzene rings is 2. The van der Waals surface area contributed by atoms with Crippen LogP contribution in [0.2, 0.25) is 0 Å². The average molecular weight is 298 g/mol. The van der Waals surface area contributed by atoms with Crippen LogP contribution in [0.25, 0.3) is 20.8 Å². The van der Waals surface area contributed by atoms with Gasteiger partial charge in [-0.2, -0.15) is 0 Å². The number of nitrogens with zero attached hydrogens (tertiary/aromatic N) is 1. The van der Waals surface area contributed by atoms with E-state index in [-0.39, 0.29) is 5.91 Å². The molecule has 0 bridgehead atoms. The molecule has 0 radical (unpaired) electrons. The first-order chi connectivity index (χ1) is 10.2. The molecule has 5 heteroatoms. The fourth-order valence-corrected chi connectivity index (χ4v) is 3.08. The van der Waals surface area contributed by atoms with Gasteiger partial charge in [0.15, 0.2) is 0 Å². The van der Waals surface area contributed by atoms with Gasteiger partial charge in [-0.05, 0) is 30.3 Å². The van der Waals surface area contributed by atoms with Crippen molar-refractivity contribution in [1.82, 2.24) is 4.98 Å². The highest BCUT2D eigenvalue weighted by molar-refractivity contribution is 7.21. The lowest BCUT2D eigenvalue weighted by Crippen LogP contribution is -2.05. The molecule has 0 aliphatic heterocycles. The molecule has 3 aromatic rings. The van der Waals surface area contributed by atoms with Crippen molar-refractivity contribution < 1.29 is 9.53 Å². The first-order valence-electron chi connectivity index (χ1n) is 6.48. The number of carbonyl (C=O) groups is 1. The summed E-state index contributed by atoms with van der Waals surface area (Å²) < 4.78 is 6.31. The van der Waals surface area contributed by atoms with E-state index in [1.165, 1.54) is 6.92 Å². The fourth-order valence-electron chi connectivity index (χ4n) is 2.09. The average Bonchev–Trinajstić information content (AvgIpc) is 2.89. The minimum Gasteiger partial charge on any atom is -0.497 e. The molecule has 1 N–H and O–H groups in total. The van der Waals surface area contributed by atoms with Crippen molar-refractivity contribution >= 4 is 33.1 Å². The van der Waals surface area contributed by atoms with Gasteiger partial charge >= 0.3 is 0 Å². The number of rotatable bonds is 3. The molecule has 0 saturated heterocycles. The lowest BCUT2D eigenvalue weighted by atomic mass is 10.2. The smallest absolute Gasteiger partial charge is 0.221 e. The second-order valence-corrected chi connectivity index (χ2v) is 5.65. The molecule has 0 aliphatic carbocycles. The number of hydrogen-bond donors (Lipinski definition) is 1. The van der Waals surface area contributed by atoms with E-state index in [0.29, 0.717) is 0 Å². The summed E-state index contributed by atoms with van der Waals surface area (Å²) in [5.74, 6) is 0.742. The molecular weight excluding hydrogens is 284 g/mol. The van der Waals surface area contributed by atoms with Gasteiger partial charge in [-0.25, -0.2) is 4.98 Å². The van der Waals surface area contributed by atoms with Crippen molar-refractivity contribution in [3.63, 3.8) is 0 Å². The molecule has 1 heterocycles. The fraction of sp³-hybridized carbons (Fsp3) is 0.125. The maximum absolute atomic E-state index is 11.1. The van der Waals surface area contributed by atoms with Crippen molar-refractivity contribution in [3.8, 4) is 16.3 Å². The maximum atomic E-state index is 11.1. The highest BCUT2D eigenvalue weighted by atomic mass is 32.1. The topological polar surface area (TPSA) is 51.2 Å². The van der Waals surface area contributed by atoms with Gasteiger partial charge in [0, 0.05) is 18.2 Å². The molecule has 2 aromatic carbocycles. The van der Waals surface area contributed by atoms with E-state index in [2.05, 4.69) is 10.3 Å². The number of fused-ring (bicyclic) bond motifs is 1. The third-order valence-electron chi connectivity index (χ3n) is 3.03. The highest BCUT2D eigenvalue weighted by Crippen LogP contribution is 2.33. The number of nitrogens with one attached hydrogen (secondary N) is 1. The zero-order valence-electron chi connectivity index (χ0n) is 11.7. The zero-order chi connectivity index (χ0) is 14.8. The Morgan fingerprint density at radius 1 is 1.24 bits per heavy atom. The van der Waals surface area contributed by atoms with Crippen molar-refractivity contribution in [1.29, 1.82) is 0 Å². The van der Waals surface area contributed by atoms with Crippen LogP contribution in [-0.4, -0.2) is 18.0 Å². The molecule has 0 unspecified atom stereocenters. The maximum Gasteiger partial charge on any atom is 0.221 e. The highest BCUT2D eigenvalue weighted by Gasteiger charge is 2.08. The lowest BCUT2D eigenvalue weighted by Gasteiger charge is -2.03. The zero-order valence-corrected chi connectivity index (χ0v) is 12.5. The Balaban J connectivity index is 2.01. The van der Waals surface area contributed by atoms with E-state index in [4.69, 9.17) is 4.74 Å². The summed E-state index contributed by atoms with van der Waals surface area (Å²) in [5.41, 5.74) is 2.71. The van der Waals surface area contributed by atoms with Gasteiger partial charge in [-0.1, -0.05) is 12.1 Å². The number of methoxy groups -OCH3 is 1. The Hall–Kier alpha value is -2.40. The molecule has 106 valence electrons. The predicted molar refractivity (Wildman–Crippen MR) is 85.9 cm³/mol. The van der Waals surface area contributed by atoms with Crippen molar-refractivity contribution in [2.45, 2.75) is 6.92 Å². The number of aromatic nitrogens is 1. The largest absolute Gasteiger partial charge is 0.497 e. The molecule has 0 saturated carbocycles. The van der Waals surface area contributed by atoms with Gasteiger partial charge in [0.05, 0.1) is 17.3 Å². The molecule has 0 spiro atoms. The summed E-state index contributed by atoms with van der Waals surface area (Å²) in [6.45, 7) is 1.50. The monoisotopic (exact) mass is 298 g/mol. The van der Waals surface area contributed by atoms with Gasteiger partial charge in [0.2, 0.25) is 5.91 Å². The van der Waals surface area contributed by atoms with Crippen LogP contribution in [0.3, 0.4) is 0 Å². The van der Waals surface area contributed by atoms with Crippen LogP contribution >= 0.6 is 11.3 Å². The normalized spacial score (nSPS) is 10.6. The first-order valence-corrected chi connectivity index (χ1v) is 7.30. The number of hydrogen-bond acceptors (Lipinski definition) is 4. The number of amides is 1.